The average molecular weight is 327 g/mol. The van der Waals surface area contributed by atoms with Gasteiger partial charge in [0.1, 0.15) is 11.9 Å². The van der Waals surface area contributed by atoms with E-state index in [1.54, 1.807) is 11.8 Å². The fourth-order valence-corrected chi connectivity index (χ4v) is 3.47. The van der Waals surface area contributed by atoms with Crippen LogP contribution in [0.25, 0.3) is 0 Å². The van der Waals surface area contributed by atoms with Crippen LogP contribution in [0.15, 0.2) is 54.6 Å². The summed E-state index contributed by atoms with van der Waals surface area (Å²) in [7, 11) is 0. The van der Waals surface area contributed by atoms with Gasteiger partial charge >= 0.3 is 0 Å². The van der Waals surface area contributed by atoms with Crippen LogP contribution in [0.1, 0.15) is 18.1 Å². The third-order valence-corrected chi connectivity index (χ3v) is 5.14. The number of hydrogen-bond donors (Lipinski definition) is 1. The van der Waals surface area contributed by atoms with E-state index in [1.807, 2.05) is 43.3 Å². The zero-order valence-electron chi connectivity index (χ0n) is 13.2. The quantitative estimate of drug-likeness (QED) is 0.883. The van der Waals surface area contributed by atoms with Gasteiger partial charge in [-0.25, -0.2) is 0 Å². The van der Waals surface area contributed by atoms with Gasteiger partial charge in [0.25, 0.3) is 0 Å². The minimum atomic E-state index is -0.0704. The third-order valence-electron chi connectivity index (χ3n) is 3.93. The van der Waals surface area contributed by atoms with Crippen LogP contribution in [0.4, 0.5) is 0 Å². The van der Waals surface area contributed by atoms with E-state index in [2.05, 4.69) is 23.5 Å². The number of carbonyl (C=O) groups excluding carboxylic acids is 1. The van der Waals surface area contributed by atoms with Crippen molar-refractivity contribution in [1.82, 2.24) is 5.32 Å². The molecule has 0 bridgehead atoms. The van der Waals surface area contributed by atoms with E-state index in [-0.39, 0.29) is 17.3 Å². The number of fused-ring (bicyclic) bond motifs is 1. The lowest BCUT2D eigenvalue weighted by Gasteiger charge is -2.15. The summed E-state index contributed by atoms with van der Waals surface area (Å²) in [6.07, 6.45) is 0.907. The number of para-hydroxylation sites is 1. The molecule has 1 aliphatic heterocycles. The fraction of sp³-hybridized carbons (Fsp3) is 0.316. The van der Waals surface area contributed by atoms with Gasteiger partial charge in [-0.05, 0) is 24.1 Å². The Morgan fingerprint density at radius 3 is 2.74 bits per heavy atom. The predicted molar refractivity (Wildman–Crippen MR) is 94.8 cm³/mol. The van der Waals surface area contributed by atoms with Crippen LogP contribution in [-0.4, -0.2) is 23.8 Å². The third kappa shape index (κ3) is 4.29. The smallest absolute Gasteiger partial charge is 0.232 e. The van der Waals surface area contributed by atoms with Crippen molar-refractivity contribution in [2.45, 2.75) is 30.5 Å². The van der Waals surface area contributed by atoms with Gasteiger partial charge in [0.2, 0.25) is 5.91 Å². The number of hydrogen-bond acceptors (Lipinski definition) is 3. The Kier molecular flexibility index (Phi) is 5.23. The van der Waals surface area contributed by atoms with Crippen molar-refractivity contribution < 1.29 is 9.53 Å². The molecule has 0 aliphatic carbocycles. The van der Waals surface area contributed by atoms with E-state index < -0.39 is 0 Å². The molecule has 0 unspecified atom stereocenters. The second-order valence-electron chi connectivity index (χ2n) is 5.74. The van der Waals surface area contributed by atoms with E-state index >= 15 is 0 Å². The predicted octanol–water partition coefficient (Wildman–Crippen LogP) is 3.43. The van der Waals surface area contributed by atoms with Crippen molar-refractivity contribution in [3.8, 4) is 5.75 Å². The fourth-order valence-electron chi connectivity index (χ4n) is 2.60. The molecule has 0 aromatic heterocycles. The molecule has 0 fully saturated rings. The molecule has 0 spiro atoms. The van der Waals surface area contributed by atoms with E-state index in [0.717, 1.165) is 17.9 Å². The van der Waals surface area contributed by atoms with Crippen molar-refractivity contribution in [3.63, 3.8) is 0 Å². The van der Waals surface area contributed by atoms with Crippen molar-refractivity contribution >= 4 is 17.7 Å². The first-order chi connectivity index (χ1) is 11.2. The van der Waals surface area contributed by atoms with Gasteiger partial charge in [-0.3, -0.25) is 4.79 Å². The van der Waals surface area contributed by atoms with E-state index in [4.69, 9.17) is 4.74 Å². The van der Waals surface area contributed by atoms with Gasteiger partial charge < -0.3 is 10.1 Å². The van der Waals surface area contributed by atoms with Gasteiger partial charge in [0, 0.05) is 12.2 Å². The van der Waals surface area contributed by atoms with Gasteiger partial charge in [-0.1, -0.05) is 48.5 Å². The highest BCUT2D eigenvalue weighted by Gasteiger charge is 2.23. The molecule has 0 radical (unpaired) electrons. The number of rotatable bonds is 6. The molecule has 23 heavy (non-hydrogen) atoms. The van der Waals surface area contributed by atoms with Crippen LogP contribution in [0.2, 0.25) is 0 Å². The Hall–Kier alpha value is -1.94. The van der Waals surface area contributed by atoms with Crippen LogP contribution in [0.3, 0.4) is 0 Å². The zero-order chi connectivity index (χ0) is 16.1. The van der Waals surface area contributed by atoms with Crippen LogP contribution in [-0.2, 0) is 17.0 Å². The first kappa shape index (κ1) is 15.9. The Bertz CT molecular complexity index is 634. The van der Waals surface area contributed by atoms with Gasteiger partial charge in [0.15, 0.2) is 0 Å². The molecular weight excluding hydrogens is 306 g/mol. The summed E-state index contributed by atoms with van der Waals surface area (Å²) in [5.41, 5.74) is 2.46. The lowest BCUT2D eigenvalue weighted by atomic mass is 10.1. The molecule has 2 aromatic carbocycles. The minimum absolute atomic E-state index is 0.0441. The Morgan fingerprint density at radius 2 is 1.96 bits per heavy atom. The lowest BCUT2D eigenvalue weighted by Crippen LogP contribution is -2.38. The maximum Gasteiger partial charge on any atom is 0.232 e. The first-order valence-electron chi connectivity index (χ1n) is 7.90. The number of thioether (sulfide) groups is 1. The molecule has 2 atom stereocenters. The molecule has 3 rings (SSSR count). The summed E-state index contributed by atoms with van der Waals surface area (Å²) >= 11 is 1.65. The normalized spacial score (nSPS) is 17.2. The molecule has 3 nitrogen and oxygen atoms in total. The Labute approximate surface area is 141 Å². The van der Waals surface area contributed by atoms with Gasteiger partial charge in [0.05, 0.1) is 11.8 Å². The number of ether oxygens (including phenoxy) is 1. The molecule has 1 aliphatic rings. The number of benzene rings is 2. The standard InChI is InChI=1S/C19H21NO2S/c1-14(23-13-15-7-3-2-4-8-15)19(21)20-12-17-11-16-9-5-6-10-18(16)22-17/h2-10,14,17H,11-13H2,1H3,(H,20,21)/t14-,17+/m1/s1. The SMILES string of the molecule is C[C@@H](SCc1ccccc1)C(=O)NC[C@@H]1Cc2ccccc2O1. The molecule has 1 N–H and O–H groups in total. The lowest BCUT2D eigenvalue weighted by molar-refractivity contribution is -0.120. The van der Waals surface area contributed by atoms with Crippen LogP contribution < -0.4 is 10.1 Å². The van der Waals surface area contributed by atoms with E-state index in [1.165, 1.54) is 11.1 Å². The van der Waals surface area contributed by atoms with Crippen LogP contribution in [0, 0.1) is 0 Å². The highest BCUT2D eigenvalue weighted by Crippen LogP contribution is 2.27. The molecule has 0 saturated carbocycles. The monoisotopic (exact) mass is 327 g/mol. The largest absolute Gasteiger partial charge is 0.488 e. The Balaban J connectivity index is 1.41. The summed E-state index contributed by atoms with van der Waals surface area (Å²) in [6, 6.07) is 18.3. The summed E-state index contributed by atoms with van der Waals surface area (Å²) in [5, 5.41) is 2.94. The van der Waals surface area contributed by atoms with E-state index in [0.29, 0.717) is 6.54 Å². The summed E-state index contributed by atoms with van der Waals surface area (Å²) in [4.78, 5) is 12.2. The maximum absolute atomic E-state index is 12.2. The average Bonchev–Trinajstić information content (AvgIpc) is 3.01. The summed E-state index contributed by atoms with van der Waals surface area (Å²) < 4.78 is 5.84. The molecular formula is C19H21NO2S. The molecule has 1 amide bonds. The van der Waals surface area contributed by atoms with Crippen molar-refractivity contribution in [2.24, 2.45) is 0 Å². The van der Waals surface area contributed by atoms with Crippen molar-refractivity contribution in [2.75, 3.05) is 6.54 Å². The minimum Gasteiger partial charge on any atom is -0.488 e. The molecule has 0 saturated heterocycles. The molecule has 120 valence electrons. The van der Waals surface area contributed by atoms with Gasteiger partial charge in [-0.2, -0.15) is 0 Å². The van der Waals surface area contributed by atoms with Crippen LogP contribution >= 0.6 is 11.8 Å². The maximum atomic E-state index is 12.2. The second kappa shape index (κ2) is 7.55. The molecule has 2 aromatic rings. The van der Waals surface area contributed by atoms with Crippen molar-refractivity contribution in [1.29, 1.82) is 0 Å². The van der Waals surface area contributed by atoms with Crippen molar-refractivity contribution in [3.05, 3.63) is 65.7 Å². The highest BCUT2D eigenvalue weighted by atomic mass is 32.2. The topological polar surface area (TPSA) is 38.3 Å². The summed E-state index contributed by atoms with van der Waals surface area (Å²) in [6.45, 7) is 2.51. The van der Waals surface area contributed by atoms with Gasteiger partial charge in [-0.15, -0.1) is 11.8 Å². The number of carbonyl (C=O) groups is 1. The first-order valence-corrected chi connectivity index (χ1v) is 8.95. The Morgan fingerprint density at radius 1 is 1.22 bits per heavy atom. The zero-order valence-corrected chi connectivity index (χ0v) is 14.0. The number of nitrogens with one attached hydrogen (secondary N) is 1. The second-order valence-corrected chi connectivity index (χ2v) is 7.06. The highest BCUT2D eigenvalue weighted by molar-refractivity contribution is 7.99. The molecule has 4 heteroatoms. The van der Waals surface area contributed by atoms with E-state index in [9.17, 15) is 4.79 Å². The van der Waals surface area contributed by atoms with Crippen LogP contribution in [0.5, 0.6) is 5.75 Å². The summed E-state index contributed by atoms with van der Waals surface area (Å²) in [5.74, 6) is 1.87. The number of amides is 1. The molecule has 1 heterocycles.